The third-order valence-corrected chi connectivity index (χ3v) is 5.01. The number of methoxy groups -OCH3 is 1. The molecule has 0 N–H and O–H groups in total. The van der Waals surface area contributed by atoms with Gasteiger partial charge < -0.3 is 4.74 Å². The first kappa shape index (κ1) is 14.2. The predicted octanol–water partition coefficient (Wildman–Crippen LogP) is 3.05. The number of hydrogen-bond donors (Lipinski definition) is 0. The molecule has 110 valence electrons. The molecule has 0 aliphatic carbocycles. The molecular weight excluding hydrogens is 284 g/mol. The van der Waals surface area contributed by atoms with E-state index in [-0.39, 0.29) is 5.97 Å². The van der Waals surface area contributed by atoms with Crippen molar-refractivity contribution in [3.63, 3.8) is 0 Å². The highest BCUT2D eigenvalue weighted by atomic mass is 32.1. The minimum absolute atomic E-state index is 0.344. The summed E-state index contributed by atoms with van der Waals surface area (Å²) in [6, 6.07) is 6.33. The van der Waals surface area contributed by atoms with Crippen LogP contribution in [0, 0.1) is 0 Å². The van der Waals surface area contributed by atoms with Gasteiger partial charge in [0.15, 0.2) is 0 Å². The molecule has 0 aromatic carbocycles. The Morgan fingerprint density at radius 1 is 1.48 bits per heavy atom. The molecule has 2 aromatic heterocycles. The predicted molar refractivity (Wildman–Crippen MR) is 82.4 cm³/mol. The number of nitrogens with zero attached hydrogens (tertiary/aromatic N) is 2. The van der Waals surface area contributed by atoms with Gasteiger partial charge in [0.05, 0.1) is 18.4 Å². The number of esters is 1. The lowest BCUT2D eigenvalue weighted by atomic mass is 10.0. The zero-order chi connectivity index (χ0) is 14.8. The molecule has 1 aliphatic rings. The van der Waals surface area contributed by atoms with E-state index in [4.69, 9.17) is 0 Å². The molecule has 0 amide bonds. The van der Waals surface area contributed by atoms with Crippen LogP contribution in [0.4, 0.5) is 0 Å². The van der Waals surface area contributed by atoms with E-state index in [0.29, 0.717) is 11.6 Å². The summed E-state index contributed by atoms with van der Waals surface area (Å²) in [5.41, 5.74) is 2.92. The fourth-order valence-corrected chi connectivity index (χ4v) is 3.70. The van der Waals surface area contributed by atoms with Crippen LogP contribution in [0.15, 0.2) is 29.8 Å². The smallest absolute Gasteiger partial charge is 0.339 e. The van der Waals surface area contributed by atoms with Crippen molar-refractivity contribution in [1.29, 1.82) is 0 Å². The zero-order valence-electron chi connectivity index (χ0n) is 12.2. The number of rotatable bonds is 3. The van der Waals surface area contributed by atoms with E-state index in [1.54, 1.807) is 12.3 Å². The fraction of sp³-hybridized carbons (Fsp3) is 0.375. The minimum Gasteiger partial charge on any atom is -0.465 e. The minimum atomic E-state index is -0.344. The molecule has 0 bridgehead atoms. The second-order valence-corrected chi connectivity index (χ2v) is 6.23. The van der Waals surface area contributed by atoms with Crippen molar-refractivity contribution in [2.24, 2.45) is 0 Å². The first-order valence-corrected chi connectivity index (χ1v) is 7.90. The maximum atomic E-state index is 11.4. The van der Waals surface area contributed by atoms with Crippen LogP contribution in [0.2, 0.25) is 0 Å². The van der Waals surface area contributed by atoms with Crippen molar-refractivity contribution in [1.82, 2.24) is 9.88 Å². The molecule has 1 aliphatic heterocycles. The van der Waals surface area contributed by atoms with Gasteiger partial charge in [0.2, 0.25) is 0 Å². The molecule has 2 aromatic rings. The Labute approximate surface area is 128 Å². The van der Waals surface area contributed by atoms with Gasteiger partial charge in [0, 0.05) is 30.2 Å². The molecule has 3 heterocycles. The summed E-state index contributed by atoms with van der Waals surface area (Å²) in [5, 5.41) is 2.17. The Morgan fingerprint density at radius 2 is 2.33 bits per heavy atom. The van der Waals surface area contributed by atoms with Gasteiger partial charge in [-0.2, -0.15) is 0 Å². The lowest BCUT2D eigenvalue weighted by molar-refractivity contribution is 0.0600. The van der Waals surface area contributed by atoms with Gasteiger partial charge in [0.25, 0.3) is 0 Å². The highest BCUT2D eigenvalue weighted by Crippen LogP contribution is 2.33. The van der Waals surface area contributed by atoms with Crippen LogP contribution in [0.5, 0.6) is 0 Å². The van der Waals surface area contributed by atoms with Gasteiger partial charge in [0.1, 0.15) is 0 Å². The first-order chi connectivity index (χ1) is 10.2. The average molecular weight is 302 g/mol. The van der Waals surface area contributed by atoms with Crippen LogP contribution >= 0.6 is 11.3 Å². The SMILES string of the molecule is COC(=O)c1ccc(CN2CCc3sccc3C2C)nc1. The molecule has 21 heavy (non-hydrogen) atoms. The van der Waals surface area contributed by atoms with Crippen LogP contribution in [0.25, 0.3) is 0 Å². The molecule has 0 saturated carbocycles. The van der Waals surface area contributed by atoms with E-state index < -0.39 is 0 Å². The van der Waals surface area contributed by atoms with Crippen LogP contribution < -0.4 is 0 Å². The zero-order valence-corrected chi connectivity index (χ0v) is 13.0. The Hall–Kier alpha value is -1.72. The summed E-state index contributed by atoms with van der Waals surface area (Å²) in [4.78, 5) is 19.7. The highest BCUT2D eigenvalue weighted by Gasteiger charge is 2.24. The normalized spacial score (nSPS) is 18.3. The average Bonchev–Trinajstić information content (AvgIpc) is 2.99. The summed E-state index contributed by atoms with van der Waals surface area (Å²) < 4.78 is 4.69. The Morgan fingerprint density at radius 3 is 3.05 bits per heavy atom. The standard InChI is InChI=1S/C16H18N2O2S/c1-11-14-6-8-21-15(14)5-7-18(11)10-13-4-3-12(9-17-13)16(19)20-2/h3-4,6,8-9,11H,5,7,10H2,1-2H3. The molecule has 5 heteroatoms. The highest BCUT2D eigenvalue weighted by molar-refractivity contribution is 7.10. The van der Waals surface area contributed by atoms with Crippen molar-refractivity contribution < 1.29 is 9.53 Å². The Kier molecular flexibility index (Phi) is 4.03. The fourth-order valence-electron chi connectivity index (χ4n) is 2.74. The van der Waals surface area contributed by atoms with Gasteiger partial charge in [-0.1, -0.05) is 0 Å². The first-order valence-electron chi connectivity index (χ1n) is 7.02. The monoisotopic (exact) mass is 302 g/mol. The van der Waals surface area contributed by atoms with E-state index in [9.17, 15) is 4.79 Å². The summed E-state index contributed by atoms with van der Waals surface area (Å²) in [7, 11) is 1.38. The Balaban J connectivity index is 1.71. The number of pyridine rings is 1. The number of fused-ring (bicyclic) bond motifs is 1. The van der Waals surface area contributed by atoms with E-state index in [2.05, 4.69) is 33.0 Å². The van der Waals surface area contributed by atoms with Crippen molar-refractivity contribution in [3.8, 4) is 0 Å². The van der Waals surface area contributed by atoms with Gasteiger partial charge in [-0.05, 0) is 42.5 Å². The van der Waals surface area contributed by atoms with Crippen molar-refractivity contribution >= 4 is 17.3 Å². The van der Waals surface area contributed by atoms with Crippen molar-refractivity contribution in [2.45, 2.75) is 25.9 Å². The third kappa shape index (κ3) is 2.84. The molecule has 1 atom stereocenters. The maximum Gasteiger partial charge on any atom is 0.339 e. The summed E-state index contributed by atoms with van der Waals surface area (Å²) in [6.07, 6.45) is 2.70. The summed E-state index contributed by atoms with van der Waals surface area (Å²) in [6.45, 7) is 4.10. The molecule has 4 nitrogen and oxygen atoms in total. The molecule has 0 radical (unpaired) electrons. The molecule has 0 saturated heterocycles. The quantitative estimate of drug-likeness (QED) is 0.817. The number of hydrogen-bond acceptors (Lipinski definition) is 5. The summed E-state index contributed by atoms with van der Waals surface area (Å²) >= 11 is 1.85. The second kappa shape index (κ2) is 5.95. The summed E-state index contributed by atoms with van der Waals surface area (Å²) in [5.74, 6) is -0.344. The largest absolute Gasteiger partial charge is 0.465 e. The topological polar surface area (TPSA) is 42.4 Å². The van der Waals surface area contributed by atoms with E-state index in [0.717, 1.165) is 25.2 Å². The number of ether oxygens (including phenoxy) is 1. The lowest BCUT2D eigenvalue weighted by Crippen LogP contribution is -2.32. The van der Waals surface area contributed by atoms with Crippen LogP contribution in [0.1, 0.15) is 39.5 Å². The van der Waals surface area contributed by atoms with Gasteiger partial charge >= 0.3 is 5.97 Å². The van der Waals surface area contributed by atoms with E-state index in [1.165, 1.54) is 17.6 Å². The lowest BCUT2D eigenvalue weighted by Gasteiger charge is -2.33. The van der Waals surface area contributed by atoms with Gasteiger partial charge in [-0.15, -0.1) is 11.3 Å². The Bertz CT molecular complexity index is 636. The molecular formula is C16H18N2O2S. The number of carbonyl (C=O) groups excluding carboxylic acids is 1. The number of carbonyl (C=O) groups is 1. The molecule has 1 unspecified atom stereocenters. The molecule has 0 spiro atoms. The van der Waals surface area contributed by atoms with Gasteiger partial charge in [-0.25, -0.2) is 4.79 Å². The van der Waals surface area contributed by atoms with E-state index >= 15 is 0 Å². The van der Waals surface area contributed by atoms with Crippen LogP contribution in [-0.2, 0) is 17.7 Å². The maximum absolute atomic E-state index is 11.4. The number of thiophene rings is 1. The second-order valence-electron chi connectivity index (χ2n) is 5.23. The van der Waals surface area contributed by atoms with Crippen LogP contribution in [0.3, 0.4) is 0 Å². The van der Waals surface area contributed by atoms with Crippen molar-refractivity contribution in [2.75, 3.05) is 13.7 Å². The molecule has 3 rings (SSSR count). The van der Waals surface area contributed by atoms with Crippen LogP contribution in [-0.4, -0.2) is 29.5 Å². The molecule has 0 fully saturated rings. The van der Waals surface area contributed by atoms with Gasteiger partial charge in [-0.3, -0.25) is 9.88 Å². The third-order valence-electron chi connectivity index (χ3n) is 4.01. The van der Waals surface area contributed by atoms with E-state index in [1.807, 2.05) is 17.4 Å². The van der Waals surface area contributed by atoms with Crippen molar-refractivity contribution in [3.05, 3.63) is 51.5 Å². The number of aromatic nitrogens is 1.